The van der Waals surface area contributed by atoms with Crippen molar-refractivity contribution in [2.24, 2.45) is 0 Å². The number of aromatic carboxylic acids is 2. The normalized spacial score (nSPS) is 20.7. The summed E-state index contributed by atoms with van der Waals surface area (Å²) >= 11 is 0. The van der Waals surface area contributed by atoms with E-state index in [-0.39, 0.29) is 34.0 Å². The molecule has 12 heteroatoms. The van der Waals surface area contributed by atoms with E-state index in [2.05, 4.69) is 0 Å². The Bertz CT molecular complexity index is 1170. The lowest BCUT2D eigenvalue weighted by molar-refractivity contribution is 0.0685. The van der Waals surface area contributed by atoms with Crippen LogP contribution in [-0.4, -0.2) is 72.8 Å². The predicted octanol–water partition coefficient (Wildman–Crippen LogP) is 1.56. The molecule has 1 heterocycles. The average Bonchev–Trinajstić information content (AvgIpc) is 2.75. The standard InChI is InChI=1S/C20H22N2O8S2/c1-13-11-22(32(29,30)18-8-4-6-16(10-18)20(25)26)14(2)12-21(13)31(27,28)17-7-3-5-15(9-17)19(23)24/h3-10,13-14H,11-12H2,1-2H3,(H,23,24)(H,25,26). The zero-order chi connectivity index (χ0) is 23.8. The summed E-state index contributed by atoms with van der Waals surface area (Å²) in [5, 5.41) is 18.3. The first-order valence-corrected chi connectivity index (χ1v) is 12.4. The highest BCUT2D eigenvalue weighted by Crippen LogP contribution is 2.28. The molecule has 2 N–H and O–H groups in total. The van der Waals surface area contributed by atoms with E-state index in [0.717, 1.165) is 20.7 Å². The molecule has 1 aliphatic rings. The van der Waals surface area contributed by atoms with Gasteiger partial charge in [0.25, 0.3) is 0 Å². The van der Waals surface area contributed by atoms with E-state index >= 15 is 0 Å². The van der Waals surface area contributed by atoms with E-state index in [4.69, 9.17) is 10.2 Å². The Hall–Kier alpha value is -2.80. The number of hydrogen-bond donors (Lipinski definition) is 2. The lowest BCUT2D eigenvalue weighted by Crippen LogP contribution is -2.59. The molecule has 0 bridgehead atoms. The van der Waals surface area contributed by atoms with Gasteiger partial charge in [0.1, 0.15) is 0 Å². The van der Waals surface area contributed by atoms with Crippen LogP contribution in [0.5, 0.6) is 0 Å². The van der Waals surface area contributed by atoms with E-state index in [1.807, 2.05) is 0 Å². The summed E-state index contributed by atoms with van der Waals surface area (Å²) in [5.74, 6) is -2.52. The van der Waals surface area contributed by atoms with Crippen LogP contribution < -0.4 is 0 Å². The second-order valence-electron chi connectivity index (χ2n) is 7.51. The zero-order valence-electron chi connectivity index (χ0n) is 17.2. The van der Waals surface area contributed by atoms with Crippen LogP contribution >= 0.6 is 0 Å². The third-order valence-corrected chi connectivity index (χ3v) is 9.20. The minimum atomic E-state index is -4.08. The predicted molar refractivity (Wildman–Crippen MR) is 114 cm³/mol. The summed E-state index contributed by atoms with van der Waals surface area (Å²) < 4.78 is 55.0. The van der Waals surface area contributed by atoms with Gasteiger partial charge in [0.2, 0.25) is 20.0 Å². The summed E-state index contributed by atoms with van der Waals surface area (Å²) in [6, 6.07) is 8.45. The van der Waals surface area contributed by atoms with Crippen molar-refractivity contribution in [3.63, 3.8) is 0 Å². The molecule has 2 atom stereocenters. The molecule has 1 fully saturated rings. The first-order chi connectivity index (χ1) is 14.9. The van der Waals surface area contributed by atoms with Gasteiger partial charge >= 0.3 is 11.9 Å². The Morgan fingerprint density at radius 2 is 1.09 bits per heavy atom. The maximum Gasteiger partial charge on any atom is 0.335 e. The van der Waals surface area contributed by atoms with E-state index in [1.54, 1.807) is 13.8 Å². The van der Waals surface area contributed by atoms with Gasteiger partial charge in [-0.2, -0.15) is 8.61 Å². The number of carbonyl (C=O) groups is 2. The molecule has 0 saturated carbocycles. The molecule has 0 amide bonds. The van der Waals surface area contributed by atoms with Crippen molar-refractivity contribution < 1.29 is 36.6 Å². The van der Waals surface area contributed by atoms with Crippen molar-refractivity contribution in [1.29, 1.82) is 0 Å². The van der Waals surface area contributed by atoms with Gasteiger partial charge in [-0.05, 0) is 50.2 Å². The van der Waals surface area contributed by atoms with Crippen LogP contribution in [0.25, 0.3) is 0 Å². The van der Waals surface area contributed by atoms with Gasteiger partial charge in [0.15, 0.2) is 0 Å². The number of nitrogens with zero attached hydrogens (tertiary/aromatic N) is 2. The van der Waals surface area contributed by atoms with Crippen LogP contribution in [0.15, 0.2) is 58.3 Å². The number of hydrogen-bond acceptors (Lipinski definition) is 6. The first kappa shape index (κ1) is 23.9. The summed E-state index contributed by atoms with van der Waals surface area (Å²) in [5.41, 5.74) is -0.349. The van der Waals surface area contributed by atoms with Crippen LogP contribution in [0.3, 0.4) is 0 Å². The van der Waals surface area contributed by atoms with E-state index in [9.17, 15) is 26.4 Å². The Labute approximate surface area is 185 Å². The van der Waals surface area contributed by atoms with Gasteiger partial charge < -0.3 is 10.2 Å². The number of piperazine rings is 1. The van der Waals surface area contributed by atoms with Gasteiger partial charge in [-0.1, -0.05) is 12.1 Å². The molecule has 32 heavy (non-hydrogen) atoms. The third-order valence-electron chi connectivity index (χ3n) is 5.25. The van der Waals surface area contributed by atoms with Gasteiger partial charge in [-0.25, -0.2) is 26.4 Å². The van der Waals surface area contributed by atoms with Crippen molar-refractivity contribution in [2.45, 2.75) is 35.7 Å². The fourth-order valence-electron chi connectivity index (χ4n) is 3.58. The van der Waals surface area contributed by atoms with Crippen LogP contribution in [0.1, 0.15) is 34.6 Å². The van der Waals surface area contributed by atoms with Crippen molar-refractivity contribution in [3.05, 3.63) is 59.7 Å². The summed E-state index contributed by atoms with van der Waals surface area (Å²) in [4.78, 5) is 22.0. The Morgan fingerprint density at radius 3 is 1.41 bits per heavy atom. The molecule has 0 aromatic heterocycles. The second kappa shape index (κ2) is 8.62. The molecule has 10 nitrogen and oxygen atoms in total. The third kappa shape index (κ3) is 4.39. The van der Waals surface area contributed by atoms with Gasteiger partial charge in [0.05, 0.1) is 20.9 Å². The number of carboxylic acids is 2. The highest BCUT2D eigenvalue weighted by Gasteiger charge is 2.42. The molecular weight excluding hydrogens is 460 g/mol. The molecule has 172 valence electrons. The molecule has 0 spiro atoms. The highest BCUT2D eigenvalue weighted by atomic mass is 32.2. The van der Waals surface area contributed by atoms with Crippen LogP contribution in [0.4, 0.5) is 0 Å². The first-order valence-electron chi connectivity index (χ1n) is 9.56. The molecule has 3 rings (SSSR count). The Morgan fingerprint density at radius 1 is 0.750 bits per heavy atom. The highest BCUT2D eigenvalue weighted by molar-refractivity contribution is 7.89. The largest absolute Gasteiger partial charge is 0.478 e. The molecule has 0 aliphatic carbocycles. The molecule has 2 aromatic carbocycles. The van der Waals surface area contributed by atoms with Crippen molar-refractivity contribution in [1.82, 2.24) is 8.61 Å². The lowest BCUT2D eigenvalue weighted by Gasteiger charge is -2.42. The molecule has 2 unspecified atom stereocenters. The number of carboxylic acid groups (broad SMARTS) is 2. The lowest BCUT2D eigenvalue weighted by atomic mass is 10.2. The van der Waals surface area contributed by atoms with Gasteiger partial charge in [-0.3, -0.25) is 0 Å². The topological polar surface area (TPSA) is 149 Å². The van der Waals surface area contributed by atoms with Gasteiger partial charge in [0, 0.05) is 25.2 Å². The van der Waals surface area contributed by atoms with E-state index < -0.39 is 44.1 Å². The minimum absolute atomic E-state index is 0.154. The summed E-state index contributed by atoms with van der Waals surface area (Å²) in [6.07, 6.45) is 0. The second-order valence-corrected chi connectivity index (χ2v) is 11.3. The van der Waals surface area contributed by atoms with Crippen molar-refractivity contribution in [3.8, 4) is 0 Å². The molecular formula is C20H22N2O8S2. The van der Waals surface area contributed by atoms with Crippen LogP contribution in [-0.2, 0) is 20.0 Å². The monoisotopic (exact) mass is 482 g/mol. The van der Waals surface area contributed by atoms with E-state index in [0.29, 0.717) is 0 Å². The number of rotatable bonds is 6. The van der Waals surface area contributed by atoms with Crippen LogP contribution in [0, 0.1) is 0 Å². The maximum atomic E-state index is 13.2. The molecule has 0 radical (unpaired) electrons. The van der Waals surface area contributed by atoms with Gasteiger partial charge in [-0.15, -0.1) is 0 Å². The zero-order valence-corrected chi connectivity index (χ0v) is 18.9. The van der Waals surface area contributed by atoms with E-state index in [1.165, 1.54) is 36.4 Å². The SMILES string of the molecule is CC1CN(S(=O)(=O)c2cccc(C(=O)O)c2)C(C)CN1S(=O)(=O)c1cccc(C(=O)O)c1. The number of benzene rings is 2. The quantitative estimate of drug-likeness (QED) is 0.630. The Balaban J connectivity index is 1.91. The smallest absolute Gasteiger partial charge is 0.335 e. The van der Waals surface area contributed by atoms with Crippen molar-refractivity contribution >= 4 is 32.0 Å². The summed E-state index contributed by atoms with van der Waals surface area (Å²) in [7, 11) is -8.16. The average molecular weight is 483 g/mol. The molecule has 1 aliphatic heterocycles. The maximum absolute atomic E-state index is 13.2. The number of sulfonamides is 2. The fourth-order valence-corrected chi connectivity index (χ4v) is 7.08. The minimum Gasteiger partial charge on any atom is -0.478 e. The molecule has 2 aromatic rings. The molecule has 1 saturated heterocycles. The summed E-state index contributed by atoms with van der Waals surface area (Å²) in [6.45, 7) is 2.80. The Kier molecular flexibility index (Phi) is 6.43. The fraction of sp³-hybridized carbons (Fsp3) is 0.300. The van der Waals surface area contributed by atoms with Crippen molar-refractivity contribution in [2.75, 3.05) is 13.1 Å². The van der Waals surface area contributed by atoms with Crippen LogP contribution in [0.2, 0.25) is 0 Å².